The van der Waals surface area contributed by atoms with E-state index in [0.717, 1.165) is 31.3 Å². The van der Waals surface area contributed by atoms with Crippen molar-refractivity contribution in [3.63, 3.8) is 0 Å². The van der Waals surface area contributed by atoms with E-state index in [9.17, 15) is 0 Å². The second-order valence-electron chi connectivity index (χ2n) is 7.42. The molecule has 1 aromatic carbocycles. The molecule has 25 heavy (non-hydrogen) atoms. The van der Waals surface area contributed by atoms with E-state index in [2.05, 4.69) is 60.4 Å². The fourth-order valence-corrected chi connectivity index (χ4v) is 3.16. The minimum Gasteiger partial charge on any atom is -0.493 e. The minimum atomic E-state index is 0.541. The van der Waals surface area contributed by atoms with Crippen molar-refractivity contribution in [1.29, 1.82) is 0 Å². The molecule has 1 atom stereocenters. The van der Waals surface area contributed by atoms with Crippen molar-refractivity contribution in [2.45, 2.75) is 32.7 Å². The standard InChI is InChI=1S/C21H29N3O/c1-16(2)15-25-20-6-4-17(5-7-20)13-23-21-12-18(8-10-22-21)19-9-11-24(3)14-19/h4-8,10,12,16,19H,9,11,13-15H2,1-3H3,(H,22,23). The molecule has 1 aliphatic heterocycles. The lowest BCUT2D eigenvalue weighted by Gasteiger charge is -2.13. The van der Waals surface area contributed by atoms with Crippen molar-refractivity contribution in [2.75, 3.05) is 32.1 Å². The Hall–Kier alpha value is -2.07. The van der Waals surface area contributed by atoms with E-state index in [4.69, 9.17) is 4.74 Å². The maximum Gasteiger partial charge on any atom is 0.126 e. The molecule has 4 heteroatoms. The highest BCUT2D eigenvalue weighted by atomic mass is 16.5. The molecule has 0 bridgehead atoms. The van der Waals surface area contributed by atoms with Gasteiger partial charge in [0.1, 0.15) is 11.6 Å². The van der Waals surface area contributed by atoms with Gasteiger partial charge in [-0.05, 0) is 67.2 Å². The molecule has 2 aromatic rings. The SMILES string of the molecule is CC(C)COc1ccc(CNc2cc(C3CCN(C)C3)ccn2)cc1. The summed E-state index contributed by atoms with van der Waals surface area (Å²) in [5, 5.41) is 3.44. The van der Waals surface area contributed by atoms with Gasteiger partial charge >= 0.3 is 0 Å². The predicted molar refractivity (Wildman–Crippen MR) is 103 cm³/mol. The molecule has 0 aliphatic carbocycles. The molecule has 1 fully saturated rings. The largest absolute Gasteiger partial charge is 0.493 e. The van der Waals surface area contributed by atoms with Crippen molar-refractivity contribution >= 4 is 5.82 Å². The molecule has 4 nitrogen and oxygen atoms in total. The van der Waals surface area contributed by atoms with Crippen LogP contribution in [0.1, 0.15) is 37.3 Å². The summed E-state index contributed by atoms with van der Waals surface area (Å²) in [4.78, 5) is 6.85. The quantitative estimate of drug-likeness (QED) is 0.822. The fraction of sp³-hybridized carbons (Fsp3) is 0.476. The summed E-state index contributed by atoms with van der Waals surface area (Å²) in [5.74, 6) is 3.06. The highest BCUT2D eigenvalue weighted by Crippen LogP contribution is 2.27. The summed E-state index contributed by atoms with van der Waals surface area (Å²) in [6, 6.07) is 12.6. The maximum atomic E-state index is 5.73. The van der Waals surface area contributed by atoms with Crippen LogP contribution in [0, 0.1) is 5.92 Å². The first-order chi connectivity index (χ1) is 12.1. The monoisotopic (exact) mass is 339 g/mol. The van der Waals surface area contributed by atoms with Crippen molar-refractivity contribution in [3.8, 4) is 5.75 Å². The number of aromatic nitrogens is 1. The Labute approximate surface area is 151 Å². The second kappa shape index (κ2) is 8.34. The highest BCUT2D eigenvalue weighted by Gasteiger charge is 2.21. The Morgan fingerprint density at radius 2 is 2.04 bits per heavy atom. The van der Waals surface area contributed by atoms with Gasteiger partial charge in [0.25, 0.3) is 0 Å². The van der Waals surface area contributed by atoms with E-state index < -0.39 is 0 Å². The molecule has 0 radical (unpaired) electrons. The van der Waals surface area contributed by atoms with Gasteiger partial charge in [0, 0.05) is 19.3 Å². The van der Waals surface area contributed by atoms with Crippen LogP contribution in [-0.2, 0) is 6.54 Å². The van der Waals surface area contributed by atoms with Crippen LogP contribution in [0.15, 0.2) is 42.6 Å². The zero-order valence-electron chi connectivity index (χ0n) is 15.5. The van der Waals surface area contributed by atoms with E-state index in [1.165, 1.54) is 24.1 Å². The Bertz CT molecular complexity index is 669. The van der Waals surface area contributed by atoms with Gasteiger partial charge in [0.05, 0.1) is 6.61 Å². The third-order valence-electron chi connectivity index (χ3n) is 4.63. The van der Waals surface area contributed by atoms with Crippen LogP contribution in [0.3, 0.4) is 0 Å². The molecular weight excluding hydrogens is 310 g/mol. The topological polar surface area (TPSA) is 37.4 Å². The third-order valence-corrected chi connectivity index (χ3v) is 4.63. The minimum absolute atomic E-state index is 0.541. The van der Waals surface area contributed by atoms with Gasteiger partial charge in [-0.3, -0.25) is 0 Å². The average molecular weight is 339 g/mol. The third kappa shape index (κ3) is 5.20. The van der Waals surface area contributed by atoms with Crippen LogP contribution in [0.2, 0.25) is 0 Å². The first-order valence-corrected chi connectivity index (χ1v) is 9.20. The summed E-state index contributed by atoms with van der Waals surface area (Å²) in [6.45, 7) is 8.16. The first-order valence-electron chi connectivity index (χ1n) is 9.20. The molecule has 1 aliphatic rings. The molecule has 0 spiro atoms. The van der Waals surface area contributed by atoms with Gasteiger partial charge < -0.3 is 15.0 Å². The van der Waals surface area contributed by atoms with Crippen LogP contribution in [0.5, 0.6) is 5.75 Å². The smallest absolute Gasteiger partial charge is 0.126 e. The molecule has 0 saturated carbocycles. The number of rotatable bonds is 7. The van der Waals surface area contributed by atoms with E-state index in [0.29, 0.717) is 11.8 Å². The van der Waals surface area contributed by atoms with Crippen molar-refractivity contribution in [2.24, 2.45) is 5.92 Å². The van der Waals surface area contributed by atoms with Gasteiger partial charge in [0.15, 0.2) is 0 Å². The van der Waals surface area contributed by atoms with E-state index in [1.54, 1.807) is 0 Å². The molecule has 1 unspecified atom stereocenters. The number of hydrogen-bond acceptors (Lipinski definition) is 4. The maximum absolute atomic E-state index is 5.73. The van der Waals surface area contributed by atoms with Gasteiger partial charge in [-0.25, -0.2) is 4.98 Å². The molecule has 1 aromatic heterocycles. The average Bonchev–Trinajstić information content (AvgIpc) is 3.06. The summed E-state index contributed by atoms with van der Waals surface area (Å²) >= 11 is 0. The molecule has 3 rings (SSSR count). The lowest BCUT2D eigenvalue weighted by atomic mass is 9.99. The van der Waals surface area contributed by atoms with E-state index in [1.807, 2.05) is 18.3 Å². The van der Waals surface area contributed by atoms with Crippen LogP contribution < -0.4 is 10.1 Å². The Morgan fingerprint density at radius 1 is 1.24 bits per heavy atom. The van der Waals surface area contributed by atoms with Crippen molar-refractivity contribution in [1.82, 2.24) is 9.88 Å². The number of ether oxygens (including phenoxy) is 1. The summed E-state index contributed by atoms with van der Waals surface area (Å²) in [7, 11) is 2.19. The zero-order chi connectivity index (χ0) is 17.6. The van der Waals surface area contributed by atoms with Crippen LogP contribution in [-0.4, -0.2) is 36.6 Å². The normalized spacial score (nSPS) is 17.8. The van der Waals surface area contributed by atoms with E-state index in [-0.39, 0.29) is 0 Å². The van der Waals surface area contributed by atoms with Gasteiger partial charge in [-0.1, -0.05) is 26.0 Å². The lowest BCUT2D eigenvalue weighted by Crippen LogP contribution is -2.13. The van der Waals surface area contributed by atoms with Gasteiger partial charge in [-0.2, -0.15) is 0 Å². The Kier molecular flexibility index (Phi) is 5.92. The molecule has 1 saturated heterocycles. The number of anilines is 1. The number of hydrogen-bond donors (Lipinski definition) is 1. The van der Waals surface area contributed by atoms with E-state index >= 15 is 0 Å². The van der Waals surface area contributed by atoms with Crippen LogP contribution >= 0.6 is 0 Å². The Balaban J connectivity index is 1.54. The number of nitrogens with zero attached hydrogens (tertiary/aromatic N) is 2. The number of pyridine rings is 1. The first kappa shape index (κ1) is 17.7. The van der Waals surface area contributed by atoms with Crippen molar-refractivity contribution < 1.29 is 4.74 Å². The molecule has 134 valence electrons. The van der Waals surface area contributed by atoms with Gasteiger partial charge in [-0.15, -0.1) is 0 Å². The van der Waals surface area contributed by atoms with Gasteiger partial charge in [0.2, 0.25) is 0 Å². The summed E-state index contributed by atoms with van der Waals surface area (Å²) in [6.07, 6.45) is 3.15. The zero-order valence-corrected chi connectivity index (χ0v) is 15.5. The van der Waals surface area contributed by atoms with Crippen LogP contribution in [0.4, 0.5) is 5.82 Å². The number of likely N-dealkylation sites (tertiary alicyclic amines) is 1. The van der Waals surface area contributed by atoms with Crippen LogP contribution in [0.25, 0.3) is 0 Å². The summed E-state index contributed by atoms with van der Waals surface area (Å²) < 4.78 is 5.73. The highest BCUT2D eigenvalue weighted by molar-refractivity contribution is 5.40. The fourth-order valence-electron chi connectivity index (χ4n) is 3.16. The predicted octanol–water partition coefficient (Wildman–Crippen LogP) is 4.15. The second-order valence-corrected chi connectivity index (χ2v) is 7.42. The molecule has 0 amide bonds. The molecular formula is C21H29N3O. The lowest BCUT2D eigenvalue weighted by molar-refractivity contribution is 0.271. The number of nitrogens with one attached hydrogen (secondary N) is 1. The molecule has 1 N–H and O–H groups in total. The molecule has 2 heterocycles. The number of likely N-dealkylation sites (N-methyl/N-ethyl adjacent to an activating group) is 1. The summed E-state index contributed by atoms with van der Waals surface area (Å²) in [5.41, 5.74) is 2.61. The number of benzene rings is 1. The van der Waals surface area contributed by atoms with Crippen molar-refractivity contribution in [3.05, 3.63) is 53.7 Å². The Morgan fingerprint density at radius 3 is 2.72 bits per heavy atom.